The number of rotatable bonds is 3. The number of nitrogens with zero attached hydrogens (tertiary/aromatic N) is 1. The van der Waals surface area contributed by atoms with Crippen molar-refractivity contribution in [2.75, 3.05) is 0 Å². The van der Waals surface area contributed by atoms with Crippen LogP contribution >= 0.6 is 0 Å². The third-order valence-corrected chi connectivity index (χ3v) is 4.37. The number of benzene rings is 2. The number of hydrogen-bond acceptors (Lipinski definition) is 2. The molecule has 0 aliphatic heterocycles. The molecule has 0 atom stereocenters. The minimum absolute atomic E-state index is 0.0181. The molecule has 0 unspecified atom stereocenters. The number of aromatic nitrogens is 2. The Morgan fingerprint density at radius 2 is 1.92 bits per heavy atom. The molecule has 1 heterocycles. The van der Waals surface area contributed by atoms with Crippen molar-refractivity contribution in [3.63, 3.8) is 0 Å². The van der Waals surface area contributed by atoms with Crippen molar-refractivity contribution >= 4 is 5.57 Å². The zero-order chi connectivity index (χ0) is 17.2. The van der Waals surface area contributed by atoms with E-state index in [0.717, 1.165) is 24.1 Å². The van der Waals surface area contributed by atoms with Crippen molar-refractivity contribution in [2.45, 2.75) is 12.8 Å². The topological polar surface area (TPSA) is 48.9 Å². The molecule has 0 spiro atoms. The molecule has 3 nitrogen and oxygen atoms in total. The van der Waals surface area contributed by atoms with Gasteiger partial charge in [-0.25, -0.2) is 4.39 Å². The summed E-state index contributed by atoms with van der Waals surface area (Å²) in [6, 6.07) is 13.9. The lowest BCUT2D eigenvalue weighted by Crippen LogP contribution is -1.89. The summed E-state index contributed by atoms with van der Waals surface area (Å²) in [4.78, 5) is 0. The van der Waals surface area contributed by atoms with Crippen LogP contribution in [0.15, 0.2) is 66.8 Å². The molecule has 25 heavy (non-hydrogen) atoms. The van der Waals surface area contributed by atoms with Crippen molar-refractivity contribution < 1.29 is 9.50 Å². The first-order valence-corrected chi connectivity index (χ1v) is 8.21. The van der Waals surface area contributed by atoms with E-state index in [1.165, 1.54) is 29.3 Å². The Labute approximate surface area is 145 Å². The fourth-order valence-electron chi connectivity index (χ4n) is 3.05. The largest absolute Gasteiger partial charge is 0.507 e. The molecule has 124 valence electrons. The van der Waals surface area contributed by atoms with Crippen LogP contribution in [0, 0.1) is 5.82 Å². The Hall–Kier alpha value is -3.14. The molecule has 0 amide bonds. The lowest BCUT2D eigenvalue weighted by atomic mass is 9.95. The van der Waals surface area contributed by atoms with E-state index in [-0.39, 0.29) is 5.75 Å². The predicted octanol–water partition coefficient (Wildman–Crippen LogP) is 5.32. The van der Waals surface area contributed by atoms with E-state index in [1.807, 2.05) is 18.2 Å². The normalized spacial score (nSPS) is 13.7. The van der Waals surface area contributed by atoms with Crippen molar-refractivity contribution in [3.05, 3.63) is 78.1 Å². The van der Waals surface area contributed by atoms with Gasteiger partial charge in [0.1, 0.15) is 11.6 Å². The van der Waals surface area contributed by atoms with Gasteiger partial charge in [0.15, 0.2) is 0 Å². The number of phenols is 1. The van der Waals surface area contributed by atoms with Crippen LogP contribution in [-0.2, 0) is 0 Å². The molecule has 1 aliphatic rings. The zero-order valence-electron chi connectivity index (χ0n) is 13.5. The Morgan fingerprint density at radius 1 is 1.04 bits per heavy atom. The van der Waals surface area contributed by atoms with E-state index in [2.05, 4.69) is 40.6 Å². The average Bonchev–Trinajstić information content (AvgIpc) is 3.14. The maximum atomic E-state index is 13.5. The third kappa shape index (κ3) is 3.11. The molecule has 0 saturated carbocycles. The van der Waals surface area contributed by atoms with Gasteiger partial charge in [-0.1, -0.05) is 36.4 Å². The molecule has 3 aromatic rings. The fraction of sp³-hybridized carbons (Fsp3) is 0.0952. The maximum absolute atomic E-state index is 13.5. The summed E-state index contributed by atoms with van der Waals surface area (Å²) in [5, 5.41) is 17.2. The van der Waals surface area contributed by atoms with Gasteiger partial charge in [-0.2, -0.15) is 5.10 Å². The van der Waals surface area contributed by atoms with Gasteiger partial charge in [-0.3, -0.25) is 5.10 Å². The van der Waals surface area contributed by atoms with Crippen LogP contribution in [0.3, 0.4) is 0 Å². The van der Waals surface area contributed by atoms with Crippen LogP contribution in [0.2, 0.25) is 0 Å². The SMILES string of the molecule is Oc1ccc(F)cc1-c1cc(-c2cccc(C3=CC=CCC3)c2)n[nH]1. The average molecular weight is 332 g/mol. The Kier molecular flexibility index (Phi) is 3.94. The van der Waals surface area contributed by atoms with Gasteiger partial charge < -0.3 is 5.11 Å². The number of nitrogens with one attached hydrogen (secondary N) is 1. The zero-order valence-corrected chi connectivity index (χ0v) is 13.5. The molecule has 2 aromatic carbocycles. The number of H-pyrrole nitrogens is 1. The van der Waals surface area contributed by atoms with E-state index in [9.17, 15) is 9.50 Å². The molecule has 2 N–H and O–H groups in total. The van der Waals surface area contributed by atoms with Crippen molar-refractivity contribution in [2.24, 2.45) is 0 Å². The summed E-state index contributed by atoms with van der Waals surface area (Å²) in [7, 11) is 0. The highest BCUT2D eigenvalue weighted by Gasteiger charge is 2.12. The van der Waals surface area contributed by atoms with E-state index < -0.39 is 5.82 Å². The van der Waals surface area contributed by atoms with E-state index in [4.69, 9.17) is 0 Å². The molecule has 0 fully saturated rings. The first-order valence-electron chi connectivity index (χ1n) is 8.21. The highest BCUT2D eigenvalue weighted by atomic mass is 19.1. The Morgan fingerprint density at radius 3 is 2.76 bits per heavy atom. The van der Waals surface area contributed by atoms with Crippen LogP contribution in [0.4, 0.5) is 4.39 Å². The van der Waals surface area contributed by atoms with Gasteiger partial charge in [-0.05, 0) is 54.3 Å². The summed E-state index contributed by atoms with van der Waals surface area (Å²) in [5.41, 5.74) is 5.20. The molecular weight excluding hydrogens is 315 g/mol. The highest BCUT2D eigenvalue weighted by molar-refractivity contribution is 5.75. The molecule has 4 heteroatoms. The monoisotopic (exact) mass is 332 g/mol. The molecular formula is C21H17FN2O. The molecule has 1 aliphatic carbocycles. The fourth-order valence-corrected chi connectivity index (χ4v) is 3.05. The van der Waals surface area contributed by atoms with Gasteiger partial charge in [-0.15, -0.1) is 0 Å². The van der Waals surface area contributed by atoms with Crippen LogP contribution in [-0.4, -0.2) is 15.3 Å². The lowest BCUT2D eigenvalue weighted by Gasteiger charge is -2.10. The second-order valence-corrected chi connectivity index (χ2v) is 6.07. The smallest absolute Gasteiger partial charge is 0.125 e. The summed E-state index contributed by atoms with van der Waals surface area (Å²) < 4.78 is 13.5. The maximum Gasteiger partial charge on any atom is 0.125 e. The molecule has 1 aromatic heterocycles. The van der Waals surface area contributed by atoms with Gasteiger partial charge in [0, 0.05) is 11.1 Å². The molecule has 4 rings (SSSR count). The second kappa shape index (κ2) is 6.40. The summed E-state index contributed by atoms with van der Waals surface area (Å²) in [5.74, 6) is -0.382. The van der Waals surface area contributed by atoms with E-state index >= 15 is 0 Å². The van der Waals surface area contributed by atoms with Crippen molar-refractivity contribution in [1.29, 1.82) is 0 Å². The third-order valence-electron chi connectivity index (χ3n) is 4.37. The Balaban J connectivity index is 1.70. The molecule has 0 radical (unpaired) electrons. The molecule has 0 saturated heterocycles. The Bertz CT molecular complexity index is 985. The lowest BCUT2D eigenvalue weighted by molar-refractivity contribution is 0.475. The second-order valence-electron chi connectivity index (χ2n) is 6.07. The van der Waals surface area contributed by atoms with Crippen LogP contribution in [0.5, 0.6) is 5.75 Å². The predicted molar refractivity (Wildman–Crippen MR) is 97.4 cm³/mol. The summed E-state index contributed by atoms with van der Waals surface area (Å²) in [6.45, 7) is 0. The van der Waals surface area contributed by atoms with Crippen molar-refractivity contribution in [1.82, 2.24) is 10.2 Å². The number of halogens is 1. The number of aromatic hydroxyl groups is 1. The standard InChI is InChI=1S/C21H17FN2O/c22-17-9-10-21(25)18(12-17)20-13-19(23-24-20)16-8-4-7-15(11-16)14-5-2-1-3-6-14/h1-2,4-5,7-13,25H,3,6H2,(H,23,24). The number of phenolic OH excluding ortho intramolecular Hbond substituents is 1. The van der Waals surface area contributed by atoms with Gasteiger partial charge in [0.05, 0.1) is 11.4 Å². The number of allylic oxidation sites excluding steroid dienone is 4. The van der Waals surface area contributed by atoms with E-state index in [1.54, 1.807) is 0 Å². The number of aromatic amines is 1. The van der Waals surface area contributed by atoms with Gasteiger partial charge in [0.25, 0.3) is 0 Å². The summed E-state index contributed by atoms with van der Waals surface area (Å²) >= 11 is 0. The minimum atomic E-state index is -0.400. The minimum Gasteiger partial charge on any atom is -0.507 e. The first-order chi connectivity index (χ1) is 12.2. The highest BCUT2D eigenvalue weighted by Crippen LogP contribution is 2.32. The summed E-state index contributed by atoms with van der Waals surface area (Å²) in [6.07, 6.45) is 8.48. The van der Waals surface area contributed by atoms with Crippen LogP contribution < -0.4 is 0 Å². The molecule has 0 bridgehead atoms. The quantitative estimate of drug-likeness (QED) is 0.682. The van der Waals surface area contributed by atoms with Crippen molar-refractivity contribution in [3.8, 4) is 28.3 Å². The van der Waals surface area contributed by atoms with Crippen LogP contribution in [0.25, 0.3) is 28.1 Å². The van der Waals surface area contributed by atoms with E-state index in [0.29, 0.717) is 11.3 Å². The van der Waals surface area contributed by atoms with Crippen LogP contribution in [0.1, 0.15) is 18.4 Å². The van der Waals surface area contributed by atoms with Gasteiger partial charge >= 0.3 is 0 Å². The van der Waals surface area contributed by atoms with Gasteiger partial charge in [0.2, 0.25) is 0 Å². The number of hydrogen-bond donors (Lipinski definition) is 2. The first kappa shape index (κ1) is 15.4.